The molecule has 0 aliphatic carbocycles. The lowest BCUT2D eigenvalue weighted by Crippen LogP contribution is -2.25. The number of carbonyl (C=O) groups excluding carboxylic acids is 1. The average molecular weight is 344 g/mol. The molecule has 0 spiro atoms. The van der Waals surface area contributed by atoms with Gasteiger partial charge in [-0.2, -0.15) is 0 Å². The summed E-state index contributed by atoms with van der Waals surface area (Å²) in [6, 6.07) is 14.8. The van der Waals surface area contributed by atoms with Gasteiger partial charge in [0.25, 0.3) is 0 Å². The summed E-state index contributed by atoms with van der Waals surface area (Å²) < 4.78 is 15.9. The number of para-hydroxylation sites is 2. The smallest absolute Gasteiger partial charge is 0.225 e. The molecule has 0 bridgehead atoms. The van der Waals surface area contributed by atoms with Crippen LogP contribution in [-0.4, -0.2) is 39.8 Å². The third kappa shape index (κ3) is 6.35. The van der Waals surface area contributed by atoms with Crippen LogP contribution in [0.3, 0.4) is 0 Å². The fourth-order valence-electron chi connectivity index (χ4n) is 2.20. The van der Waals surface area contributed by atoms with Crippen LogP contribution in [0.25, 0.3) is 0 Å². The molecule has 134 valence electrons. The number of methoxy groups -OCH3 is 2. The standard InChI is InChI=1S/C19H24N2O4/c1-23-15-7-9-16(10-8-15)25-14-13-20-12-11-19(22)21-17-5-3-4-6-18(17)24-2/h3-10,20H,11-14H2,1-2H3,(H,21,22). The second kappa shape index (κ2) is 10.2. The van der Waals surface area contributed by atoms with Crippen molar-refractivity contribution in [2.75, 3.05) is 39.2 Å². The Balaban J connectivity index is 1.60. The zero-order chi connectivity index (χ0) is 17.9. The Morgan fingerprint density at radius 3 is 2.36 bits per heavy atom. The van der Waals surface area contributed by atoms with Gasteiger partial charge in [0.1, 0.15) is 23.9 Å². The first-order chi connectivity index (χ1) is 12.2. The molecule has 2 rings (SSSR count). The zero-order valence-corrected chi connectivity index (χ0v) is 14.6. The van der Waals surface area contributed by atoms with E-state index in [2.05, 4.69) is 10.6 Å². The maximum absolute atomic E-state index is 11.9. The Kier molecular flexibility index (Phi) is 7.59. The van der Waals surface area contributed by atoms with Crippen molar-refractivity contribution in [2.45, 2.75) is 6.42 Å². The average Bonchev–Trinajstić information content (AvgIpc) is 2.65. The number of hydrogen-bond acceptors (Lipinski definition) is 5. The van der Waals surface area contributed by atoms with Crippen molar-refractivity contribution in [3.05, 3.63) is 48.5 Å². The number of nitrogens with one attached hydrogen (secondary N) is 2. The van der Waals surface area contributed by atoms with E-state index in [1.807, 2.05) is 48.5 Å². The Morgan fingerprint density at radius 1 is 0.920 bits per heavy atom. The number of benzene rings is 2. The Morgan fingerprint density at radius 2 is 1.64 bits per heavy atom. The third-order valence-corrected chi connectivity index (χ3v) is 3.52. The van der Waals surface area contributed by atoms with E-state index in [-0.39, 0.29) is 5.91 Å². The molecule has 0 fully saturated rings. The minimum atomic E-state index is -0.0620. The lowest BCUT2D eigenvalue weighted by molar-refractivity contribution is -0.116. The summed E-state index contributed by atoms with van der Waals surface area (Å²) >= 11 is 0. The Labute approximate surface area is 148 Å². The summed E-state index contributed by atoms with van der Waals surface area (Å²) in [7, 11) is 3.21. The van der Waals surface area contributed by atoms with Crippen LogP contribution in [-0.2, 0) is 4.79 Å². The summed E-state index contributed by atoms with van der Waals surface area (Å²) in [4.78, 5) is 11.9. The molecule has 0 aromatic heterocycles. The first kappa shape index (κ1) is 18.6. The summed E-state index contributed by atoms with van der Waals surface area (Å²) in [5.41, 5.74) is 0.679. The fourth-order valence-corrected chi connectivity index (χ4v) is 2.20. The van der Waals surface area contributed by atoms with Gasteiger partial charge in [-0.05, 0) is 36.4 Å². The highest BCUT2D eigenvalue weighted by atomic mass is 16.5. The van der Waals surface area contributed by atoms with Gasteiger partial charge in [-0.1, -0.05) is 12.1 Å². The Bertz CT molecular complexity index is 659. The molecule has 1 amide bonds. The van der Waals surface area contributed by atoms with Crippen molar-refractivity contribution in [2.24, 2.45) is 0 Å². The predicted octanol–water partition coefficient (Wildman–Crippen LogP) is 2.70. The van der Waals surface area contributed by atoms with Gasteiger partial charge in [0, 0.05) is 19.5 Å². The molecule has 0 heterocycles. The van der Waals surface area contributed by atoms with Crippen LogP contribution in [0, 0.1) is 0 Å². The van der Waals surface area contributed by atoms with E-state index in [9.17, 15) is 4.79 Å². The van der Waals surface area contributed by atoms with Crippen LogP contribution in [0.15, 0.2) is 48.5 Å². The van der Waals surface area contributed by atoms with E-state index in [0.717, 1.165) is 11.5 Å². The molecular formula is C19H24N2O4. The lowest BCUT2D eigenvalue weighted by Gasteiger charge is -2.10. The van der Waals surface area contributed by atoms with Gasteiger partial charge < -0.3 is 24.8 Å². The van der Waals surface area contributed by atoms with E-state index in [1.165, 1.54) is 0 Å². The first-order valence-electron chi connectivity index (χ1n) is 8.13. The SMILES string of the molecule is COc1ccc(OCCNCCC(=O)Nc2ccccc2OC)cc1. The quantitative estimate of drug-likeness (QED) is 0.649. The molecule has 0 unspecified atom stereocenters. The molecule has 6 heteroatoms. The topological polar surface area (TPSA) is 68.8 Å². The number of amides is 1. The van der Waals surface area contributed by atoms with E-state index in [0.29, 0.717) is 37.6 Å². The normalized spacial score (nSPS) is 10.2. The van der Waals surface area contributed by atoms with E-state index >= 15 is 0 Å². The van der Waals surface area contributed by atoms with Gasteiger partial charge >= 0.3 is 0 Å². The largest absolute Gasteiger partial charge is 0.497 e. The second-order valence-electron chi connectivity index (χ2n) is 5.27. The molecule has 2 aromatic rings. The highest BCUT2D eigenvalue weighted by Crippen LogP contribution is 2.22. The van der Waals surface area contributed by atoms with Gasteiger partial charge in [0.2, 0.25) is 5.91 Å². The number of hydrogen-bond donors (Lipinski definition) is 2. The van der Waals surface area contributed by atoms with Crippen molar-refractivity contribution in [3.63, 3.8) is 0 Å². The number of anilines is 1. The molecule has 6 nitrogen and oxygen atoms in total. The molecule has 2 aromatic carbocycles. The van der Waals surface area contributed by atoms with Crippen LogP contribution in [0.2, 0.25) is 0 Å². The van der Waals surface area contributed by atoms with E-state index < -0.39 is 0 Å². The van der Waals surface area contributed by atoms with Crippen LogP contribution in [0.5, 0.6) is 17.2 Å². The number of rotatable bonds is 10. The van der Waals surface area contributed by atoms with Crippen molar-refractivity contribution in [3.8, 4) is 17.2 Å². The van der Waals surface area contributed by atoms with Crippen LogP contribution < -0.4 is 24.8 Å². The number of ether oxygens (including phenoxy) is 3. The fraction of sp³-hybridized carbons (Fsp3) is 0.316. The maximum atomic E-state index is 11.9. The monoisotopic (exact) mass is 344 g/mol. The summed E-state index contributed by atoms with van der Waals surface area (Å²) in [5, 5.41) is 6.02. The van der Waals surface area contributed by atoms with E-state index in [1.54, 1.807) is 14.2 Å². The van der Waals surface area contributed by atoms with Crippen molar-refractivity contribution in [1.82, 2.24) is 5.32 Å². The van der Waals surface area contributed by atoms with Crippen molar-refractivity contribution in [1.29, 1.82) is 0 Å². The first-order valence-corrected chi connectivity index (χ1v) is 8.13. The molecule has 0 saturated carbocycles. The molecule has 0 aliphatic rings. The molecule has 0 radical (unpaired) electrons. The Hall–Kier alpha value is -2.73. The maximum Gasteiger partial charge on any atom is 0.225 e. The third-order valence-electron chi connectivity index (χ3n) is 3.52. The minimum Gasteiger partial charge on any atom is -0.497 e. The molecular weight excluding hydrogens is 320 g/mol. The van der Waals surface area contributed by atoms with Gasteiger partial charge in [0.15, 0.2) is 0 Å². The van der Waals surface area contributed by atoms with Crippen LogP contribution in [0.4, 0.5) is 5.69 Å². The molecule has 2 N–H and O–H groups in total. The van der Waals surface area contributed by atoms with Crippen LogP contribution >= 0.6 is 0 Å². The van der Waals surface area contributed by atoms with Gasteiger partial charge in [-0.3, -0.25) is 4.79 Å². The molecule has 0 aliphatic heterocycles. The van der Waals surface area contributed by atoms with E-state index in [4.69, 9.17) is 14.2 Å². The van der Waals surface area contributed by atoms with Crippen LogP contribution in [0.1, 0.15) is 6.42 Å². The van der Waals surface area contributed by atoms with Gasteiger partial charge in [-0.15, -0.1) is 0 Å². The predicted molar refractivity (Wildman–Crippen MR) is 97.6 cm³/mol. The van der Waals surface area contributed by atoms with Gasteiger partial charge in [0.05, 0.1) is 19.9 Å². The van der Waals surface area contributed by atoms with Gasteiger partial charge in [-0.25, -0.2) is 0 Å². The molecule has 0 atom stereocenters. The summed E-state index contributed by atoms with van der Waals surface area (Å²) in [5.74, 6) is 2.17. The second-order valence-corrected chi connectivity index (χ2v) is 5.27. The number of carbonyl (C=O) groups is 1. The molecule has 25 heavy (non-hydrogen) atoms. The summed E-state index contributed by atoms with van der Waals surface area (Å²) in [6.45, 7) is 1.77. The lowest BCUT2D eigenvalue weighted by atomic mass is 10.3. The highest BCUT2D eigenvalue weighted by Gasteiger charge is 2.06. The highest BCUT2D eigenvalue weighted by molar-refractivity contribution is 5.92. The zero-order valence-electron chi connectivity index (χ0n) is 14.6. The van der Waals surface area contributed by atoms with Crippen molar-refractivity contribution < 1.29 is 19.0 Å². The minimum absolute atomic E-state index is 0.0620. The summed E-state index contributed by atoms with van der Waals surface area (Å²) in [6.07, 6.45) is 0.376. The van der Waals surface area contributed by atoms with Crippen molar-refractivity contribution >= 4 is 11.6 Å². The molecule has 0 saturated heterocycles.